The first-order valence-corrected chi connectivity index (χ1v) is 9.89. The van der Waals surface area contributed by atoms with Crippen LogP contribution in [0.15, 0.2) is 18.2 Å². The lowest BCUT2D eigenvalue weighted by Crippen LogP contribution is -2.47. The number of aryl methyl sites for hydroxylation is 2. The summed E-state index contributed by atoms with van der Waals surface area (Å²) >= 11 is 0. The molecule has 27 heavy (non-hydrogen) atoms. The van der Waals surface area contributed by atoms with Crippen LogP contribution in [0.25, 0.3) is 0 Å². The van der Waals surface area contributed by atoms with Gasteiger partial charge in [-0.25, -0.2) is 0 Å². The van der Waals surface area contributed by atoms with E-state index in [1.165, 1.54) is 5.56 Å². The van der Waals surface area contributed by atoms with Gasteiger partial charge in [-0.2, -0.15) is 0 Å². The largest absolute Gasteiger partial charge is 0.379 e. The van der Waals surface area contributed by atoms with Crippen LogP contribution in [0.1, 0.15) is 34.8 Å². The van der Waals surface area contributed by atoms with Gasteiger partial charge in [0.25, 0.3) is 5.91 Å². The Hall–Kier alpha value is -1.92. The van der Waals surface area contributed by atoms with E-state index in [9.17, 15) is 9.59 Å². The normalized spacial score (nSPS) is 20.7. The van der Waals surface area contributed by atoms with E-state index in [-0.39, 0.29) is 17.9 Å². The second kappa shape index (κ2) is 8.85. The predicted octanol–water partition coefficient (Wildman–Crippen LogP) is 1.70. The molecule has 0 radical (unpaired) electrons. The molecule has 0 N–H and O–H groups in total. The van der Waals surface area contributed by atoms with Crippen molar-refractivity contribution in [1.82, 2.24) is 14.7 Å². The number of morpholine rings is 1. The van der Waals surface area contributed by atoms with Crippen molar-refractivity contribution in [2.24, 2.45) is 0 Å². The van der Waals surface area contributed by atoms with Gasteiger partial charge < -0.3 is 14.5 Å². The van der Waals surface area contributed by atoms with Gasteiger partial charge in [-0.05, 0) is 43.5 Å². The number of nitrogens with zero attached hydrogens (tertiary/aromatic N) is 3. The predicted molar refractivity (Wildman–Crippen MR) is 105 cm³/mol. The van der Waals surface area contributed by atoms with Crippen LogP contribution in [0.5, 0.6) is 0 Å². The summed E-state index contributed by atoms with van der Waals surface area (Å²) in [7, 11) is 0. The minimum Gasteiger partial charge on any atom is -0.379 e. The number of rotatable bonds is 5. The first kappa shape index (κ1) is 19.8. The highest BCUT2D eigenvalue weighted by Crippen LogP contribution is 2.20. The number of amides is 2. The van der Waals surface area contributed by atoms with E-state index in [1.54, 1.807) is 6.92 Å². The quantitative estimate of drug-likeness (QED) is 0.788. The summed E-state index contributed by atoms with van der Waals surface area (Å²) in [6, 6.07) is 5.98. The maximum Gasteiger partial charge on any atom is 0.253 e. The van der Waals surface area contributed by atoms with Crippen LogP contribution < -0.4 is 0 Å². The second-order valence-electron chi connectivity index (χ2n) is 7.66. The molecular weight excluding hydrogens is 342 g/mol. The Morgan fingerprint density at radius 3 is 2.56 bits per heavy atom. The molecule has 6 heteroatoms. The third-order valence-electron chi connectivity index (χ3n) is 5.81. The lowest BCUT2D eigenvalue weighted by Gasteiger charge is -2.32. The Bertz CT molecular complexity index is 685. The van der Waals surface area contributed by atoms with Gasteiger partial charge in [0.1, 0.15) is 0 Å². The highest BCUT2D eigenvalue weighted by Gasteiger charge is 2.32. The van der Waals surface area contributed by atoms with Crippen molar-refractivity contribution in [1.29, 1.82) is 0 Å². The molecule has 1 aromatic carbocycles. The van der Waals surface area contributed by atoms with E-state index in [2.05, 4.69) is 11.8 Å². The molecule has 2 amide bonds. The fourth-order valence-electron chi connectivity index (χ4n) is 3.91. The molecule has 1 unspecified atom stereocenters. The van der Waals surface area contributed by atoms with Crippen LogP contribution >= 0.6 is 0 Å². The molecule has 2 saturated heterocycles. The topological polar surface area (TPSA) is 53.1 Å². The van der Waals surface area contributed by atoms with Gasteiger partial charge in [0.15, 0.2) is 0 Å². The number of hydrogen-bond donors (Lipinski definition) is 0. The highest BCUT2D eigenvalue weighted by atomic mass is 16.5. The van der Waals surface area contributed by atoms with Crippen molar-refractivity contribution in [2.75, 3.05) is 52.5 Å². The summed E-state index contributed by atoms with van der Waals surface area (Å²) in [6.45, 7) is 12.0. The Labute approximate surface area is 162 Å². The summed E-state index contributed by atoms with van der Waals surface area (Å²) in [4.78, 5) is 31.2. The monoisotopic (exact) mass is 373 g/mol. The van der Waals surface area contributed by atoms with Crippen LogP contribution in [0.4, 0.5) is 0 Å². The first-order chi connectivity index (χ1) is 13.0. The molecule has 0 spiro atoms. The van der Waals surface area contributed by atoms with Crippen LogP contribution in [-0.4, -0.2) is 85.0 Å². The van der Waals surface area contributed by atoms with E-state index in [1.807, 2.05) is 34.9 Å². The lowest BCUT2D eigenvalue weighted by molar-refractivity contribution is -0.131. The number of benzene rings is 1. The third kappa shape index (κ3) is 4.87. The minimum atomic E-state index is 0.0669. The van der Waals surface area contributed by atoms with Gasteiger partial charge >= 0.3 is 0 Å². The van der Waals surface area contributed by atoms with E-state index >= 15 is 0 Å². The molecule has 2 heterocycles. The number of likely N-dealkylation sites (tertiary alicyclic amines) is 1. The van der Waals surface area contributed by atoms with Crippen molar-refractivity contribution in [2.45, 2.75) is 33.2 Å². The Kier molecular flexibility index (Phi) is 6.50. The molecule has 0 saturated carbocycles. The number of hydrogen-bond acceptors (Lipinski definition) is 4. The molecule has 1 aromatic rings. The fourth-order valence-corrected chi connectivity index (χ4v) is 3.91. The second-order valence-corrected chi connectivity index (χ2v) is 7.66. The van der Waals surface area contributed by atoms with Crippen LogP contribution in [0.3, 0.4) is 0 Å². The number of carbonyl (C=O) groups excluding carboxylic acids is 2. The number of ether oxygens (including phenoxy) is 1. The highest BCUT2D eigenvalue weighted by molar-refractivity contribution is 5.94. The molecule has 0 bridgehead atoms. The minimum absolute atomic E-state index is 0.0669. The average molecular weight is 373 g/mol. The molecule has 6 nitrogen and oxygen atoms in total. The van der Waals surface area contributed by atoms with Crippen LogP contribution in [0, 0.1) is 13.8 Å². The first-order valence-electron chi connectivity index (χ1n) is 9.89. The number of carbonyl (C=O) groups is 2. The summed E-state index contributed by atoms with van der Waals surface area (Å²) in [5.41, 5.74) is 3.06. The summed E-state index contributed by atoms with van der Waals surface area (Å²) in [6.07, 6.45) is 0.847. The molecular formula is C21H31N3O3. The zero-order chi connectivity index (χ0) is 19.4. The van der Waals surface area contributed by atoms with Crippen molar-refractivity contribution < 1.29 is 14.3 Å². The van der Waals surface area contributed by atoms with Gasteiger partial charge in [0.2, 0.25) is 5.91 Å². The zero-order valence-corrected chi connectivity index (χ0v) is 16.7. The van der Waals surface area contributed by atoms with E-state index in [0.717, 1.165) is 50.4 Å². The van der Waals surface area contributed by atoms with Gasteiger partial charge in [-0.15, -0.1) is 0 Å². The maximum atomic E-state index is 12.9. The van der Waals surface area contributed by atoms with Crippen LogP contribution in [-0.2, 0) is 9.53 Å². The van der Waals surface area contributed by atoms with Gasteiger partial charge in [-0.1, -0.05) is 6.07 Å². The van der Waals surface area contributed by atoms with E-state index < -0.39 is 0 Å². The lowest BCUT2D eigenvalue weighted by atomic mass is 10.1. The molecule has 148 valence electrons. The van der Waals surface area contributed by atoms with Crippen molar-refractivity contribution in [3.05, 3.63) is 34.9 Å². The standard InChI is InChI=1S/C21H31N3O3/c1-16-4-5-19(14-17(16)2)21(26)23-7-6-20(15-23)24(18(3)25)9-8-22-10-12-27-13-11-22/h4-5,14,20H,6-13,15H2,1-3H3. The average Bonchev–Trinajstić information content (AvgIpc) is 3.14. The van der Waals surface area contributed by atoms with E-state index in [0.29, 0.717) is 19.6 Å². The molecule has 0 aromatic heterocycles. The summed E-state index contributed by atoms with van der Waals surface area (Å²) in [5, 5.41) is 0. The zero-order valence-electron chi connectivity index (χ0n) is 16.7. The van der Waals surface area contributed by atoms with Crippen molar-refractivity contribution in [3.8, 4) is 0 Å². The Morgan fingerprint density at radius 1 is 1.15 bits per heavy atom. The molecule has 3 rings (SSSR count). The van der Waals surface area contributed by atoms with Gasteiger partial charge in [0, 0.05) is 51.8 Å². The third-order valence-corrected chi connectivity index (χ3v) is 5.81. The fraction of sp³-hybridized carbons (Fsp3) is 0.619. The summed E-state index contributed by atoms with van der Waals surface area (Å²) in [5.74, 6) is 0.158. The smallest absolute Gasteiger partial charge is 0.253 e. The summed E-state index contributed by atoms with van der Waals surface area (Å²) < 4.78 is 5.39. The Morgan fingerprint density at radius 2 is 1.89 bits per heavy atom. The molecule has 2 aliphatic heterocycles. The van der Waals surface area contributed by atoms with Gasteiger partial charge in [-0.3, -0.25) is 14.5 Å². The Balaban J connectivity index is 1.59. The van der Waals surface area contributed by atoms with Crippen LogP contribution in [0.2, 0.25) is 0 Å². The molecule has 1 atom stereocenters. The molecule has 2 fully saturated rings. The van der Waals surface area contributed by atoms with Crippen molar-refractivity contribution in [3.63, 3.8) is 0 Å². The molecule has 2 aliphatic rings. The van der Waals surface area contributed by atoms with Crippen molar-refractivity contribution >= 4 is 11.8 Å². The molecule has 0 aliphatic carbocycles. The SMILES string of the molecule is CC(=O)N(CCN1CCOCC1)C1CCN(C(=O)c2ccc(C)c(C)c2)C1. The maximum absolute atomic E-state index is 12.9. The van der Waals surface area contributed by atoms with E-state index in [4.69, 9.17) is 4.74 Å². The van der Waals surface area contributed by atoms with Gasteiger partial charge in [0.05, 0.1) is 19.3 Å².